The molecule has 3 rings (SSSR count). The summed E-state index contributed by atoms with van der Waals surface area (Å²) in [7, 11) is 2.01. The number of aryl methyl sites for hydroxylation is 1. The molecule has 0 spiro atoms. The third kappa shape index (κ3) is 1.91. The smallest absolute Gasteiger partial charge is 0.233 e. The maximum absolute atomic E-state index is 4.63. The van der Waals surface area contributed by atoms with Gasteiger partial charge in [-0.3, -0.25) is 0 Å². The Hall–Kier alpha value is -2.42. The first kappa shape index (κ1) is 10.7. The van der Waals surface area contributed by atoms with Crippen molar-refractivity contribution in [3.63, 3.8) is 0 Å². The normalized spacial score (nSPS) is 10.5. The van der Waals surface area contributed by atoms with Crippen LogP contribution < -0.4 is 4.57 Å². The van der Waals surface area contributed by atoms with Crippen LogP contribution in [0.5, 0.6) is 0 Å². The quantitative estimate of drug-likeness (QED) is 0.626. The zero-order chi connectivity index (χ0) is 12.4. The molecule has 3 aromatic rings. The van der Waals surface area contributed by atoms with Gasteiger partial charge in [0.25, 0.3) is 0 Å². The predicted molar refractivity (Wildman–Crippen MR) is 70.2 cm³/mol. The van der Waals surface area contributed by atoms with Gasteiger partial charge in [-0.25, -0.2) is 4.57 Å². The zero-order valence-corrected chi connectivity index (χ0v) is 10.2. The lowest BCUT2D eigenvalue weighted by atomic mass is 10.2. The molecule has 0 saturated heterocycles. The lowest BCUT2D eigenvalue weighted by molar-refractivity contribution is -0.661. The molecule has 1 heterocycles. The number of benzene rings is 2. The van der Waals surface area contributed by atoms with Crippen molar-refractivity contribution in [2.75, 3.05) is 0 Å². The highest BCUT2D eigenvalue weighted by Gasteiger charge is 2.16. The summed E-state index contributed by atoms with van der Waals surface area (Å²) in [4.78, 5) is 0. The molecule has 0 unspecified atom stereocenters. The summed E-state index contributed by atoms with van der Waals surface area (Å²) in [5, 5.41) is 4.63. The Balaban J connectivity index is 2.07. The monoisotopic (exact) mass is 236 g/mol. The summed E-state index contributed by atoms with van der Waals surface area (Å²) in [6, 6.07) is 20.3. The number of para-hydroxylation sites is 1. The molecule has 0 aliphatic rings. The number of aromatic nitrogens is 3. The highest BCUT2D eigenvalue weighted by atomic mass is 15.4. The van der Waals surface area contributed by atoms with E-state index in [1.165, 1.54) is 0 Å². The molecule has 0 saturated carbocycles. The van der Waals surface area contributed by atoms with E-state index in [0.29, 0.717) is 0 Å². The molecule has 0 atom stereocenters. The average Bonchev–Trinajstić information content (AvgIpc) is 2.83. The van der Waals surface area contributed by atoms with E-state index < -0.39 is 0 Å². The van der Waals surface area contributed by atoms with Gasteiger partial charge >= 0.3 is 5.82 Å². The minimum Gasteiger partial charge on any atom is -0.233 e. The van der Waals surface area contributed by atoms with Crippen molar-refractivity contribution < 1.29 is 4.57 Å². The van der Waals surface area contributed by atoms with E-state index >= 15 is 0 Å². The van der Waals surface area contributed by atoms with Crippen LogP contribution in [0, 0.1) is 0 Å². The van der Waals surface area contributed by atoms with Gasteiger partial charge in [-0.15, -0.1) is 0 Å². The van der Waals surface area contributed by atoms with Crippen LogP contribution in [0.1, 0.15) is 0 Å². The molecule has 88 valence electrons. The van der Waals surface area contributed by atoms with E-state index in [0.717, 1.165) is 17.1 Å². The first-order chi connectivity index (χ1) is 8.84. The van der Waals surface area contributed by atoms with Crippen molar-refractivity contribution in [3.8, 4) is 17.1 Å². The lowest BCUT2D eigenvalue weighted by Crippen LogP contribution is -2.27. The second-order valence-corrected chi connectivity index (χ2v) is 4.20. The molecule has 0 bridgehead atoms. The van der Waals surface area contributed by atoms with Crippen molar-refractivity contribution in [1.82, 2.24) is 9.78 Å². The Labute approximate surface area is 106 Å². The van der Waals surface area contributed by atoms with Gasteiger partial charge in [-0.1, -0.05) is 41.1 Å². The van der Waals surface area contributed by atoms with E-state index in [2.05, 4.69) is 17.2 Å². The average molecular weight is 236 g/mol. The van der Waals surface area contributed by atoms with Gasteiger partial charge in [0.05, 0.1) is 17.7 Å². The van der Waals surface area contributed by atoms with Crippen LogP contribution in [0.4, 0.5) is 0 Å². The van der Waals surface area contributed by atoms with Gasteiger partial charge < -0.3 is 0 Å². The fourth-order valence-corrected chi connectivity index (χ4v) is 1.97. The molecule has 18 heavy (non-hydrogen) atoms. The second kappa shape index (κ2) is 4.45. The van der Waals surface area contributed by atoms with Crippen LogP contribution in [0.2, 0.25) is 0 Å². The maximum atomic E-state index is 4.63. The van der Waals surface area contributed by atoms with E-state index in [4.69, 9.17) is 0 Å². The lowest BCUT2D eigenvalue weighted by Gasteiger charge is -1.91. The summed E-state index contributed by atoms with van der Waals surface area (Å²) < 4.78 is 3.92. The Bertz CT molecular complexity index is 642. The molecule has 0 fully saturated rings. The molecule has 0 radical (unpaired) electrons. The summed E-state index contributed by atoms with van der Waals surface area (Å²) >= 11 is 0. The van der Waals surface area contributed by atoms with Crippen LogP contribution >= 0.6 is 0 Å². The molecular weight excluding hydrogens is 222 g/mol. The summed E-state index contributed by atoms with van der Waals surface area (Å²) in [5.41, 5.74) is 2.19. The van der Waals surface area contributed by atoms with Gasteiger partial charge in [0.15, 0.2) is 0 Å². The molecule has 0 N–H and O–H groups in total. The predicted octanol–water partition coefficient (Wildman–Crippen LogP) is 2.36. The van der Waals surface area contributed by atoms with Gasteiger partial charge in [0.1, 0.15) is 5.69 Å². The molecule has 1 aromatic heterocycles. The minimum absolute atomic E-state index is 0.958. The molecule has 3 heteroatoms. The number of rotatable bonds is 2. The van der Waals surface area contributed by atoms with Crippen LogP contribution in [0.3, 0.4) is 0 Å². The minimum atomic E-state index is 0.958. The van der Waals surface area contributed by atoms with E-state index in [-0.39, 0.29) is 0 Å². The van der Waals surface area contributed by atoms with Crippen molar-refractivity contribution in [2.45, 2.75) is 0 Å². The fraction of sp³-hybridized carbons (Fsp3) is 0.0667. The molecule has 0 amide bonds. The van der Waals surface area contributed by atoms with E-state index in [1.807, 2.05) is 71.2 Å². The number of hydrogen-bond acceptors (Lipinski definition) is 1. The molecule has 0 aliphatic carbocycles. The zero-order valence-electron chi connectivity index (χ0n) is 10.2. The van der Waals surface area contributed by atoms with E-state index in [1.54, 1.807) is 0 Å². The van der Waals surface area contributed by atoms with E-state index in [9.17, 15) is 0 Å². The second-order valence-electron chi connectivity index (χ2n) is 4.20. The van der Waals surface area contributed by atoms with Crippen LogP contribution in [-0.2, 0) is 7.05 Å². The fourth-order valence-electron chi connectivity index (χ4n) is 1.97. The highest BCUT2D eigenvalue weighted by Crippen LogP contribution is 2.13. The maximum Gasteiger partial charge on any atom is 0.309 e. The third-order valence-corrected chi connectivity index (χ3v) is 2.87. The van der Waals surface area contributed by atoms with Gasteiger partial charge in [0.2, 0.25) is 6.33 Å². The summed E-state index contributed by atoms with van der Waals surface area (Å²) in [6.07, 6.45) is 1.98. The van der Waals surface area contributed by atoms with Gasteiger partial charge in [-0.2, -0.15) is 0 Å². The first-order valence-corrected chi connectivity index (χ1v) is 5.91. The number of hydrogen-bond donors (Lipinski definition) is 0. The van der Waals surface area contributed by atoms with Gasteiger partial charge in [0, 0.05) is 0 Å². The Morgan fingerprint density at radius 2 is 1.50 bits per heavy atom. The third-order valence-electron chi connectivity index (χ3n) is 2.87. The van der Waals surface area contributed by atoms with Gasteiger partial charge in [-0.05, 0) is 24.3 Å². The van der Waals surface area contributed by atoms with Crippen molar-refractivity contribution in [1.29, 1.82) is 0 Å². The summed E-state index contributed by atoms with van der Waals surface area (Å²) in [5.74, 6) is 0.958. The van der Waals surface area contributed by atoms with Crippen LogP contribution in [0.25, 0.3) is 17.1 Å². The Morgan fingerprint density at radius 1 is 0.889 bits per heavy atom. The first-order valence-electron chi connectivity index (χ1n) is 5.91. The molecule has 2 aromatic carbocycles. The van der Waals surface area contributed by atoms with Crippen molar-refractivity contribution >= 4 is 0 Å². The molecule has 3 nitrogen and oxygen atoms in total. The SMILES string of the molecule is C[n+]1cn(-c2ccccc2)nc1-c1ccccc1. The highest BCUT2D eigenvalue weighted by molar-refractivity contribution is 5.51. The standard InChI is InChI=1S/C15H14N3/c1-17-12-18(14-10-6-3-7-11-14)16-15(17)13-8-4-2-5-9-13/h2-12H,1H3/q+1. The molecular formula is C15H14N3+. The largest absolute Gasteiger partial charge is 0.309 e. The Morgan fingerprint density at radius 3 is 2.17 bits per heavy atom. The van der Waals surface area contributed by atoms with Crippen molar-refractivity contribution in [2.24, 2.45) is 7.05 Å². The van der Waals surface area contributed by atoms with Crippen molar-refractivity contribution in [3.05, 3.63) is 67.0 Å². The van der Waals surface area contributed by atoms with Crippen LogP contribution in [0.15, 0.2) is 67.0 Å². The summed E-state index contributed by atoms with van der Waals surface area (Å²) in [6.45, 7) is 0. The van der Waals surface area contributed by atoms with Crippen LogP contribution in [-0.4, -0.2) is 9.78 Å². The molecule has 0 aliphatic heterocycles. The number of nitrogens with zero attached hydrogens (tertiary/aromatic N) is 3. The Kier molecular flexibility index (Phi) is 2.65. The topological polar surface area (TPSA) is 21.7 Å².